The minimum absolute atomic E-state index is 0.0815. The smallest absolute Gasteiger partial charge is 0.164 e. The minimum Gasteiger partial charge on any atom is -0.508 e. The number of Topliss-reactive ketones (excluding diaryl/α,β-unsaturated/α-hetero) is 1. The summed E-state index contributed by atoms with van der Waals surface area (Å²) in [6.07, 6.45) is 0.204. The van der Waals surface area contributed by atoms with Gasteiger partial charge in [0.15, 0.2) is 5.78 Å². The molecule has 72 valence electrons. The van der Waals surface area contributed by atoms with Gasteiger partial charge in [-0.25, -0.2) is 0 Å². The van der Waals surface area contributed by atoms with Gasteiger partial charge in [-0.05, 0) is 18.2 Å². The zero-order chi connectivity index (χ0) is 10.6. The SMILES string of the molecule is N#Cc1cc(O)cc(C(=O)CCCl)c1. The van der Waals surface area contributed by atoms with E-state index in [0.29, 0.717) is 5.56 Å². The van der Waals surface area contributed by atoms with E-state index >= 15 is 0 Å². The fraction of sp³-hybridized carbons (Fsp3) is 0.200. The number of aromatic hydroxyl groups is 1. The quantitative estimate of drug-likeness (QED) is 0.613. The van der Waals surface area contributed by atoms with E-state index in [0.717, 1.165) is 0 Å². The Hall–Kier alpha value is -1.53. The molecule has 0 saturated heterocycles. The molecule has 1 aromatic carbocycles. The van der Waals surface area contributed by atoms with Crippen LogP contribution in [0.25, 0.3) is 0 Å². The Morgan fingerprint density at radius 2 is 2.21 bits per heavy atom. The van der Waals surface area contributed by atoms with Crippen molar-refractivity contribution < 1.29 is 9.90 Å². The molecule has 1 aromatic rings. The third kappa shape index (κ3) is 2.48. The van der Waals surface area contributed by atoms with Crippen molar-refractivity contribution in [1.29, 1.82) is 5.26 Å². The number of ketones is 1. The first kappa shape index (κ1) is 10.6. The number of rotatable bonds is 3. The van der Waals surface area contributed by atoms with E-state index < -0.39 is 0 Å². The first-order valence-electron chi connectivity index (χ1n) is 4.00. The zero-order valence-corrected chi connectivity index (χ0v) is 8.08. The van der Waals surface area contributed by atoms with Crippen LogP contribution >= 0.6 is 11.6 Å². The molecule has 3 nitrogen and oxygen atoms in total. The second kappa shape index (κ2) is 4.64. The standard InChI is InChI=1S/C10H8ClNO2/c11-2-1-10(14)8-3-7(6-12)4-9(13)5-8/h3-5,13H,1-2H2. The first-order chi connectivity index (χ1) is 6.67. The molecule has 4 heteroatoms. The monoisotopic (exact) mass is 209 g/mol. The topological polar surface area (TPSA) is 61.1 Å². The summed E-state index contributed by atoms with van der Waals surface area (Å²) in [6, 6.07) is 5.93. The van der Waals surface area contributed by atoms with Gasteiger partial charge in [-0.3, -0.25) is 4.79 Å². The summed E-state index contributed by atoms with van der Waals surface area (Å²) in [7, 11) is 0. The normalized spacial score (nSPS) is 9.43. The van der Waals surface area contributed by atoms with Crippen LogP contribution < -0.4 is 0 Å². The van der Waals surface area contributed by atoms with Crippen LogP contribution in [0, 0.1) is 11.3 Å². The first-order valence-corrected chi connectivity index (χ1v) is 4.54. The van der Waals surface area contributed by atoms with Crippen molar-refractivity contribution in [3.63, 3.8) is 0 Å². The highest BCUT2D eigenvalue weighted by Gasteiger charge is 2.07. The Balaban J connectivity index is 3.04. The molecule has 0 aliphatic rings. The number of phenols is 1. The van der Waals surface area contributed by atoms with Crippen LogP contribution in [-0.2, 0) is 0 Å². The van der Waals surface area contributed by atoms with Gasteiger partial charge in [0.1, 0.15) is 5.75 Å². The van der Waals surface area contributed by atoms with Gasteiger partial charge in [-0.15, -0.1) is 11.6 Å². The number of alkyl halides is 1. The van der Waals surface area contributed by atoms with E-state index in [1.54, 1.807) is 0 Å². The number of phenolic OH excluding ortho intramolecular Hbond substituents is 1. The van der Waals surface area contributed by atoms with Gasteiger partial charge in [-0.2, -0.15) is 5.26 Å². The van der Waals surface area contributed by atoms with Crippen molar-refractivity contribution in [3.05, 3.63) is 29.3 Å². The van der Waals surface area contributed by atoms with Crippen molar-refractivity contribution in [2.45, 2.75) is 6.42 Å². The number of carbonyl (C=O) groups is 1. The molecule has 0 unspecified atom stereocenters. The van der Waals surface area contributed by atoms with Crippen molar-refractivity contribution >= 4 is 17.4 Å². The predicted octanol–water partition coefficient (Wildman–Crippen LogP) is 2.08. The zero-order valence-electron chi connectivity index (χ0n) is 7.33. The predicted molar refractivity (Wildman–Crippen MR) is 52.5 cm³/mol. The van der Waals surface area contributed by atoms with Gasteiger partial charge in [0.05, 0.1) is 11.6 Å². The molecule has 1 rings (SSSR count). The maximum Gasteiger partial charge on any atom is 0.164 e. The molecule has 0 radical (unpaired) electrons. The third-order valence-corrected chi connectivity index (χ3v) is 1.88. The van der Waals surface area contributed by atoms with Crippen LogP contribution in [-0.4, -0.2) is 16.8 Å². The fourth-order valence-corrected chi connectivity index (χ4v) is 1.24. The van der Waals surface area contributed by atoms with E-state index in [4.69, 9.17) is 16.9 Å². The number of halogens is 1. The Bertz CT molecular complexity index is 396. The van der Waals surface area contributed by atoms with Crippen molar-refractivity contribution in [3.8, 4) is 11.8 Å². The number of carbonyl (C=O) groups excluding carboxylic acids is 1. The van der Waals surface area contributed by atoms with Crippen LogP contribution in [0.4, 0.5) is 0 Å². The van der Waals surface area contributed by atoms with Crippen molar-refractivity contribution in [2.75, 3.05) is 5.88 Å². The molecule has 14 heavy (non-hydrogen) atoms. The summed E-state index contributed by atoms with van der Waals surface area (Å²) in [5.41, 5.74) is 0.588. The van der Waals surface area contributed by atoms with E-state index in [2.05, 4.69) is 0 Å². The van der Waals surface area contributed by atoms with Crippen molar-refractivity contribution in [1.82, 2.24) is 0 Å². The van der Waals surface area contributed by atoms with E-state index in [9.17, 15) is 9.90 Å². The summed E-state index contributed by atoms with van der Waals surface area (Å²) >= 11 is 5.41. The van der Waals surface area contributed by atoms with Crippen molar-refractivity contribution in [2.24, 2.45) is 0 Å². The van der Waals surface area contributed by atoms with E-state index in [-0.39, 0.29) is 29.4 Å². The molecule has 0 heterocycles. The molecule has 0 aliphatic heterocycles. The second-order valence-electron chi connectivity index (χ2n) is 2.74. The maximum absolute atomic E-state index is 11.4. The summed E-state index contributed by atoms with van der Waals surface area (Å²) in [6.45, 7) is 0. The second-order valence-corrected chi connectivity index (χ2v) is 3.12. The summed E-state index contributed by atoms with van der Waals surface area (Å²) in [5.74, 6) is -0.0227. The highest BCUT2D eigenvalue weighted by atomic mass is 35.5. The molecular formula is C10H8ClNO2. The Kier molecular flexibility index (Phi) is 3.49. The molecule has 0 aromatic heterocycles. The average Bonchev–Trinajstić information content (AvgIpc) is 2.17. The highest BCUT2D eigenvalue weighted by molar-refractivity contribution is 6.19. The van der Waals surface area contributed by atoms with Crippen LogP contribution in [0.3, 0.4) is 0 Å². The third-order valence-electron chi connectivity index (χ3n) is 1.69. The molecule has 0 aliphatic carbocycles. The highest BCUT2D eigenvalue weighted by Crippen LogP contribution is 2.16. The molecule has 0 atom stereocenters. The van der Waals surface area contributed by atoms with E-state index in [1.807, 2.05) is 6.07 Å². The fourth-order valence-electron chi connectivity index (χ4n) is 1.07. The number of hydrogen-bond acceptors (Lipinski definition) is 3. The van der Waals surface area contributed by atoms with Gasteiger partial charge >= 0.3 is 0 Å². The van der Waals surface area contributed by atoms with Crippen LogP contribution in [0.2, 0.25) is 0 Å². The summed E-state index contributed by atoms with van der Waals surface area (Å²) in [5, 5.41) is 17.8. The lowest BCUT2D eigenvalue weighted by Gasteiger charge is -2.00. The Morgan fingerprint density at radius 1 is 1.50 bits per heavy atom. The molecule has 0 spiro atoms. The number of nitrogens with zero attached hydrogens (tertiary/aromatic N) is 1. The van der Waals surface area contributed by atoms with Crippen LogP contribution in [0.1, 0.15) is 22.3 Å². The lowest BCUT2D eigenvalue weighted by Crippen LogP contribution is -1.99. The van der Waals surface area contributed by atoms with Gasteiger partial charge in [0, 0.05) is 17.9 Å². The molecule has 0 fully saturated rings. The average molecular weight is 210 g/mol. The molecule has 0 amide bonds. The van der Waals surface area contributed by atoms with E-state index in [1.165, 1.54) is 18.2 Å². The largest absolute Gasteiger partial charge is 0.508 e. The van der Waals surface area contributed by atoms with Gasteiger partial charge in [0.25, 0.3) is 0 Å². The number of hydrogen-bond donors (Lipinski definition) is 1. The van der Waals surface area contributed by atoms with Crippen LogP contribution in [0.15, 0.2) is 18.2 Å². The maximum atomic E-state index is 11.4. The van der Waals surface area contributed by atoms with Gasteiger partial charge in [0.2, 0.25) is 0 Å². The molecular weight excluding hydrogens is 202 g/mol. The molecule has 0 saturated carbocycles. The van der Waals surface area contributed by atoms with Gasteiger partial charge < -0.3 is 5.11 Å². The minimum atomic E-state index is -0.174. The Morgan fingerprint density at radius 3 is 2.79 bits per heavy atom. The molecule has 1 N–H and O–H groups in total. The van der Waals surface area contributed by atoms with Gasteiger partial charge in [-0.1, -0.05) is 0 Å². The Labute approximate surface area is 86.5 Å². The summed E-state index contributed by atoms with van der Waals surface area (Å²) in [4.78, 5) is 11.4. The summed E-state index contributed by atoms with van der Waals surface area (Å²) < 4.78 is 0. The lowest BCUT2D eigenvalue weighted by atomic mass is 10.1. The molecule has 0 bridgehead atoms. The lowest BCUT2D eigenvalue weighted by molar-refractivity contribution is 0.0989. The number of nitriles is 1. The van der Waals surface area contributed by atoms with Crippen LogP contribution in [0.5, 0.6) is 5.75 Å². The number of benzene rings is 1.